The summed E-state index contributed by atoms with van der Waals surface area (Å²) in [5.41, 5.74) is 0. The molecule has 1 aliphatic rings. The molecule has 1 amide bonds. The molecule has 0 aromatic heterocycles. The lowest BCUT2D eigenvalue weighted by molar-refractivity contribution is -0.271. The van der Waals surface area contributed by atoms with Gasteiger partial charge in [-0.25, -0.2) is 0 Å². The first-order chi connectivity index (χ1) is 10.6. The summed E-state index contributed by atoms with van der Waals surface area (Å²) >= 11 is 0. The molecule has 0 unspecified atom stereocenters. The van der Waals surface area contributed by atoms with Crippen LogP contribution in [0.2, 0.25) is 0 Å². The maximum atomic E-state index is 11.4. The van der Waals surface area contributed by atoms with Gasteiger partial charge in [0.1, 0.15) is 0 Å². The van der Waals surface area contributed by atoms with Crippen molar-refractivity contribution < 1.29 is 38.1 Å². The summed E-state index contributed by atoms with van der Waals surface area (Å²) in [6, 6.07) is -0.771. The summed E-state index contributed by atoms with van der Waals surface area (Å²) < 4.78 is 20.8. The van der Waals surface area contributed by atoms with Crippen LogP contribution in [0.25, 0.3) is 0 Å². The highest BCUT2D eigenvalue weighted by Crippen LogP contribution is 2.27. The molecule has 1 heterocycles. The molecular weight excluding hydrogens is 310 g/mol. The first-order valence-electron chi connectivity index (χ1n) is 7.06. The second-order valence-corrected chi connectivity index (χ2v) is 5.19. The van der Waals surface area contributed by atoms with Crippen LogP contribution in [-0.2, 0) is 38.1 Å². The van der Waals surface area contributed by atoms with Crippen molar-refractivity contribution in [3.05, 3.63) is 0 Å². The first kappa shape index (κ1) is 18.9. The number of carbonyl (C=O) groups excluding carboxylic acids is 4. The Morgan fingerprint density at radius 2 is 1.30 bits per heavy atom. The normalized spacial score (nSPS) is 30.0. The molecule has 1 fully saturated rings. The maximum absolute atomic E-state index is 11.4. The van der Waals surface area contributed by atoms with Gasteiger partial charge in [-0.2, -0.15) is 0 Å². The van der Waals surface area contributed by atoms with Gasteiger partial charge >= 0.3 is 17.9 Å². The van der Waals surface area contributed by atoms with Crippen molar-refractivity contribution >= 4 is 23.8 Å². The highest BCUT2D eigenvalue weighted by molar-refractivity contribution is 5.73. The summed E-state index contributed by atoms with van der Waals surface area (Å²) in [5.74, 6) is -2.35. The summed E-state index contributed by atoms with van der Waals surface area (Å²) in [4.78, 5) is 45.3. The molecule has 0 radical (unpaired) electrons. The molecule has 0 spiro atoms. The monoisotopic (exact) mass is 331 g/mol. The number of hydrogen-bond donors (Lipinski definition) is 1. The smallest absolute Gasteiger partial charge is 0.305 e. The lowest BCUT2D eigenvalue weighted by atomic mass is 9.96. The summed E-state index contributed by atoms with van der Waals surface area (Å²) in [6.07, 6.45) is -4.16. The van der Waals surface area contributed by atoms with Crippen LogP contribution in [0.4, 0.5) is 0 Å². The van der Waals surface area contributed by atoms with E-state index >= 15 is 0 Å². The topological polar surface area (TPSA) is 117 Å². The molecule has 0 aromatic carbocycles. The summed E-state index contributed by atoms with van der Waals surface area (Å²) in [6.45, 7) is 6.39. The Morgan fingerprint density at radius 3 is 1.74 bits per heavy atom. The third kappa shape index (κ3) is 5.51. The van der Waals surface area contributed by atoms with Gasteiger partial charge in [0, 0.05) is 27.7 Å². The predicted octanol–water partition coefficient (Wildman–Crippen LogP) is -0.338. The van der Waals surface area contributed by atoms with Crippen LogP contribution < -0.4 is 5.32 Å². The Bertz CT molecular complexity index is 491. The third-order valence-corrected chi connectivity index (χ3v) is 3.06. The number of carbonyl (C=O) groups is 4. The number of rotatable bonds is 4. The molecule has 9 nitrogen and oxygen atoms in total. The fraction of sp³-hybridized carbons (Fsp3) is 0.714. The number of amides is 1. The first-order valence-corrected chi connectivity index (χ1v) is 7.06. The van der Waals surface area contributed by atoms with Gasteiger partial charge < -0.3 is 24.3 Å². The van der Waals surface area contributed by atoms with E-state index in [0.29, 0.717) is 0 Å². The number of hydrogen-bond acceptors (Lipinski definition) is 8. The second-order valence-electron chi connectivity index (χ2n) is 5.19. The summed E-state index contributed by atoms with van der Waals surface area (Å²) in [7, 11) is 0. The molecule has 0 bridgehead atoms. The molecule has 1 aliphatic heterocycles. The molecule has 0 saturated carbocycles. The fourth-order valence-corrected chi connectivity index (χ4v) is 2.34. The highest BCUT2D eigenvalue weighted by Gasteiger charge is 2.50. The van der Waals surface area contributed by atoms with Crippen molar-refractivity contribution in [1.29, 1.82) is 0 Å². The van der Waals surface area contributed by atoms with E-state index in [2.05, 4.69) is 5.32 Å². The Labute approximate surface area is 133 Å². The molecule has 130 valence electrons. The average molecular weight is 331 g/mol. The molecule has 9 heteroatoms. The molecule has 1 rings (SSSR count). The molecular formula is C14H21NO8. The van der Waals surface area contributed by atoms with E-state index in [4.69, 9.17) is 18.9 Å². The van der Waals surface area contributed by atoms with E-state index in [1.807, 2.05) is 0 Å². The van der Waals surface area contributed by atoms with Crippen molar-refractivity contribution in [3.63, 3.8) is 0 Å². The zero-order chi connectivity index (χ0) is 17.7. The lowest BCUT2D eigenvalue weighted by Crippen LogP contribution is -2.65. The van der Waals surface area contributed by atoms with Crippen molar-refractivity contribution in [2.45, 2.75) is 65.3 Å². The largest absolute Gasteiger partial charge is 0.456 e. The molecule has 5 atom stereocenters. The number of ether oxygens (including phenoxy) is 4. The molecule has 1 saturated heterocycles. The van der Waals surface area contributed by atoms with E-state index < -0.39 is 48.6 Å². The van der Waals surface area contributed by atoms with Crippen LogP contribution in [0.5, 0.6) is 0 Å². The second kappa shape index (κ2) is 7.91. The van der Waals surface area contributed by atoms with Crippen molar-refractivity contribution in [3.8, 4) is 0 Å². The predicted molar refractivity (Wildman–Crippen MR) is 74.8 cm³/mol. The highest BCUT2D eigenvalue weighted by atomic mass is 16.7. The van der Waals surface area contributed by atoms with Gasteiger partial charge in [-0.15, -0.1) is 0 Å². The SMILES string of the molecule is CC(=O)N[C@@H]1[C@H](OC(C)=O)[C@@H](OC(C)=O)[C@@H](OC(C)=O)O[C@@H]1C. The Hall–Kier alpha value is -2.16. The zero-order valence-electron chi connectivity index (χ0n) is 13.7. The zero-order valence-corrected chi connectivity index (χ0v) is 13.7. The molecule has 0 aliphatic carbocycles. The minimum Gasteiger partial charge on any atom is -0.456 e. The minimum absolute atomic E-state index is 0.380. The van der Waals surface area contributed by atoms with E-state index in [0.717, 1.165) is 6.92 Å². The standard InChI is InChI=1S/C14H21NO8/c1-6-11(15-7(2)16)12(21-8(3)17)13(22-9(4)18)14(20-6)23-10(5)19/h6,11-14H,1-5H3,(H,15,16)/t6-,11+,12+,13-,14-/m1/s1. The third-order valence-electron chi connectivity index (χ3n) is 3.06. The van der Waals surface area contributed by atoms with E-state index in [9.17, 15) is 19.2 Å². The molecule has 1 N–H and O–H groups in total. The number of esters is 3. The van der Waals surface area contributed by atoms with Gasteiger partial charge in [0.15, 0.2) is 6.10 Å². The van der Waals surface area contributed by atoms with Crippen molar-refractivity contribution in [2.75, 3.05) is 0 Å². The van der Waals surface area contributed by atoms with Gasteiger partial charge in [0.25, 0.3) is 0 Å². The Morgan fingerprint density at radius 1 is 0.826 bits per heavy atom. The van der Waals surface area contributed by atoms with Crippen LogP contribution in [0.15, 0.2) is 0 Å². The molecule has 0 aromatic rings. The van der Waals surface area contributed by atoms with E-state index in [1.54, 1.807) is 6.92 Å². The van der Waals surface area contributed by atoms with Crippen LogP contribution >= 0.6 is 0 Å². The number of nitrogens with one attached hydrogen (secondary N) is 1. The quantitative estimate of drug-likeness (QED) is 0.549. The van der Waals surface area contributed by atoms with Gasteiger partial charge in [0.05, 0.1) is 12.1 Å². The van der Waals surface area contributed by atoms with Crippen LogP contribution in [-0.4, -0.2) is 54.5 Å². The van der Waals surface area contributed by atoms with Gasteiger partial charge in [-0.3, -0.25) is 19.2 Å². The van der Waals surface area contributed by atoms with Gasteiger partial charge in [0.2, 0.25) is 18.3 Å². The van der Waals surface area contributed by atoms with Crippen LogP contribution in [0.1, 0.15) is 34.6 Å². The van der Waals surface area contributed by atoms with Crippen molar-refractivity contribution in [2.24, 2.45) is 0 Å². The Balaban J connectivity index is 3.15. The maximum Gasteiger partial charge on any atom is 0.305 e. The average Bonchev–Trinajstić information content (AvgIpc) is 2.36. The fourth-order valence-electron chi connectivity index (χ4n) is 2.34. The molecule has 23 heavy (non-hydrogen) atoms. The van der Waals surface area contributed by atoms with Crippen LogP contribution in [0, 0.1) is 0 Å². The minimum atomic E-state index is -1.25. The lowest BCUT2D eigenvalue weighted by Gasteiger charge is -2.43. The van der Waals surface area contributed by atoms with E-state index in [-0.39, 0.29) is 5.91 Å². The van der Waals surface area contributed by atoms with E-state index in [1.165, 1.54) is 20.8 Å². The van der Waals surface area contributed by atoms with Crippen LogP contribution in [0.3, 0.4) is 0 Å². The summed E-state index contributed by atoms with van der Waals surface area (Å²) in [5, 5.41) is 2.59. The van der Waals surface area contributed by atoms with Crippen molar-refractivity contribution in [1.82, 2.24) is 5.32 Å². The Kier molecular flexibility index (Phi) is 6.49. The van der Waals surface area contributed by atoms with Gasteiger partial charge in [-0.05, 0) is 6.92 Å². The van der Waals surface area contributed by atoms with Gasteiger partial charge in [-0.1, -0.05) is 0 Å².